The molecule has 0 fully saturated rings. The molecule has 0 radical (unpaired) electrons. The van der Waals surface area contributed by atoms with Crippen LogP contribution in [-0.4, -0.2) is 21.0 Å². The fourth-order valence-electron chi connectivity index (χ4n) is 3.53. The number of nitrogens with zero attached hydrogens (tertiary/aromatic N) is 4. The summed E-state index contributed by atoms with van der Waals surface area (Å²) >= 11 is 1.50. The van der Waals surface area contributed by atoms with Crippen LogP contribution in [0.3, 0.4) is 0 Å². The molecule has 158 valence electrons. The zero-order chi connectivity index (χ0) is 22.0. The summed E-state index contributed by atoms with van der Waals surface area (Å²) in [6.07, 6.45) is 1.83. The van der Waals surface area contributed by atoms with Crippen molar-refractivity contribution >= 4 is 17.0 Å². The van der Waals surface area contributed by atoms with Crippen LogP contribution in [0.1, 0.15) is 0 Å². The fraction of sp³-hybridized carbons (Fsp3) is 0.167. The van der Waals surface area contributed by atoms with Gasteiger partial charge in [-0.3, -0.25) is 14.2 Å². The molecule has 0 aliphatic heterocycles. The molecule has 31 heavy (non-hydrogen) atoms. The van der Waals surface area contributed by atoms with E-state index in [0.717, 1.165) is 33.1 Å². The predicted octanol–water partition coefficient (Wildman–Crippen LogP) is 4.35. The first-order valence-corrected chi connectivity index (χ1v) is 10.7. The molecule has 0 unspecified atom stereocenters. The molecule has 0 N–H and O–H groups in total. The number of aromatic nitrogens is 3. The molecule has 0 atom stereocenters. The van der Waals surface area contributed by atoms with Gasteiger partial charge in [-0.25, -0.2) is 4.99 Å². The van der Waals surface area contributed by atoms with Gasteiger partial charge in [-0.1, -0.05) is 36.4 Å². The van der Waals surface area contributed by atoms with E-state index in [1.165, 1.54) is 11.3 Å². The van der Waals surface area contributed by atoms with Crippen molar-refractivity contribution in [2.45, 2.75) is 6.54 Å². The number of ether oxygens (including phenoxy) is 1. The second-order valence-corrected chi connectivity index (χ2v) is 7.90. The van der Waals surface area contributed by atoms with E-state index in [1.807, 2.05) is 72.4 Å². The Labute approximate surface area is 184 Å². The predicted molar refractivity (Wildman–Crippen MR) is 126 cm³/mol. The molecule has 0 saturated carbocycles. The van der Waals surface area contributed by atoms with Gasteiger partial charge in [-0.15, -0.1) is 17.9 Å². The maximum atomic E-state index is 13.0. The van der Waals surface area contributed by atoms with Crippen LogP contribution in [-0.2, 0) is 20.6 Å². The van der Waals surface area contributed by atoms with Gasteiger partial charge in [0.2, 0.25) is 0 Å². The average Bonchev–Trinajstić information content (AvgIpc) is 3.29. The molecule has 0 bridgehead atoms. The van der Waals surface area contributed by atoms with E-state index in [4.69, 9.17) is 9.73 Å². The Morgan fingerprint density at radius 2 is 1.74 bits per heavy atom. The van der Waals surface area contributed by atoms with Crippen molar-refractivity contribution in [1.82, 2.24) is 13.9 Å². The highest BCUT2D eigenvalue weighted by molar-refractivity contribution is 7.07. The summed E-state index contributed by atoms with van der Waals surface area (Å²) in [7, 11) is 5.28. The van der Waals surface area contributed by atoms with Crippen LogP contribution < -0.4 is 15.1 Å². The second-order valence-electron chi connectivity index (χ2n) is 7.06. The SMILES string of the molecule is C=CCn1c(-c2ccc(OC)cc2)csc1=Nc1c(-c2ccccc2)n(C)n(C)c1=O. The van der Waals surface area contributed by atoms with Gasteiger partial charge in [-0.05, 0) is 29.8 Å². The molecule has 7 heteroatoms. The molecular formula is C24H24N4O2S. The quantitative estimate of drug-likeness (QED) is 0.426. The van der Waals surface area contributed by atoms with E-state index in [9.17, 15) is 4.79 Å². The van der Waals surface area contributed by atoms with Crippen LogP contribution in [0.2, 0.25) is 0 Å². The van der Waals surface area contributed by atoms with Crippen molar-refractivity contribution in [3.8, 4) is 28.3 Å². The van der Waals surface area contributed by atoms with Gasteiger partial charge in [0.15, 0.2) is 10.5 Å². The highest BCUT2D eigenvalue weighted by atomic mass is 32.1. The van der Waals surface area contributed by atoms with Gasteiger partial charge in [0.1, 0.15) is 5.75 Å². The molecule has 0 aliphatic rings. The number of thiazole rings is 1. The number of hydrogen-bond acceptors (Lipinski definition) is 4. The van der Waals surface area contributed by atoms with E-state index in [0.29, 0.717) is 12.2 Å². The third-order valence-corrected chi connectivity index (χ3v) is 6.11. The highest BCUT2D eigenvalue weighted by Gasteiger charge is 2.18. The summed E-state index contributed by atoms with van der Waals surface area (Å²) in [5, 5.41) is 2.06. The Balaban J connectivity index is 1.92. The number of rotatable bonds is 6. The lowest BCUT2D eigenvalue weighted by molar-refractivity contribution is 0.415. The summed E-state index contributed by atoms with van der Waals surface area (Å²) in [5.74, 6) is 0.805. The highest BCUT2D eigenvalue weighted by Crippen LogP contribution is 2.28. The minimum absolute atomic E-state index is 0.133. The van der Waals surface area contributed by atoms with Crippen molar-refractivity contribution in [2.75, 3.05) is 7.11 Å². The van der Waals surface area contributed by atoms with Gasteiger partial charge in [0.25, 0.3) is 5.56 Å². The normalized spacial score (nSPS) is 11.6. The largest absolute Gasteiger partial charge is 0.497 e. The number of hydrogen-bond donors (Lipinski definition) is 0. The summed E-state index contributed by atoms with van der Waals surface area (Å²) in [5.41, 5.74) is 4.09. The van der Waals surface area contributed by atoms with Crippen LogP contribution in [0.5, 0.6) is 5.75 Å². The Morgan fingerprint density at radius 1 is 1.03 bits per heavy atom. The van der Waals surface area contributed by atoms with Gasteiger partial charge >= 0.3 is 0 Å². The van der Waals surface area contributed by atoms with Crippen molar-refractivity contribution < 1.29 is 4.74 Å². The van der Waals surface area contributed by atoms with Crippen LogP contribution in [0.15, 0.2) is 82.4 Å². The number of allylic oxidation sites excluding steroid dienone is 1. The first kappa shape index (κ1) is 20.7. The topological polar surface area (TPSA) is 53.4 Å². The van der Waals surface area contributed by atoms with Crippen molar-refractivity contribution in [3.63, 3.8) is 0 Å². The van der Waals surface area contributed by atoms with Crippen molar-refractivity contribution in [2.24, 2.45) is 19.1 Å². The van der Waals surface area contributed by atoms with Gasteiger partial charge in [0.05, 0.1) is 18.5 Å². The van der Waals surface area contributed by atoms with E-state index in [-0.39, 0.29) is 5.56 Å². The molecule has 0 aliphatic carbocycles. The van der Waals surface area contributed by atoms with Crippen molar-refractivity contribution in [1.29, 1.82) is 0 Å². The molecular weight excluding hydrogens is 408 g/mol. The Morgan fingerprint density at radius 3 is 2.39 bits per heavy atom. The summed E-state index contributed by atoms with van der Waals surface area (Å²) < 4.78 is 10.8. The first-order valence-electron chi connectivity index (χ1n) is 9.85. The second kappa shape index (κ2) is 8.65. The minimum atomic E-state index is -0.133. The van der Waals surface area contributed by atoms with Crippen LogP contribution in [0.4, 0.5) is 5.69 Å². The van der Waals surface area contributed by atoms with Gasteiger partial charge < -0.3 is 9.30 Å². The zero-order valence-corrected chi connectivity index (χ0v) is 18.6. The monoisotopic (exact) mass is 432 g/mol. The lowest BCUT2D eigenvalue weighted by atomic mass is 10.1. The van der Waals surface area contributed by atoms with Crippen LogP contribution >= 0.6 is 11.3 Å². The molecule has 0 spiro atoms. The third kappa shape index (κ3) is 3.80. The molecule has 2 aromatic heterocycles. The molecule has 6 nitrogen and oxygen atoms in total. The number of methoxy groups -OCH3 is 1. The lowest BCUT2D eigenvalue weighted by Crippen LogP contribution is -2.18. The zero-order valence-electron chi connectivity index (χ0n) is 17.8. The lowest BCUT2D eigenvalue weighted by Gasteiger charge is -2.08. The van der Waals surface area contributed by atoms with E-state index in [1.54, 1.807) is 18.8 Å². The molecule has 0 amide bonds. The molecule has 0 saturated heterocycles. The molecule has 2 heterocycles. The number of benzene rings is 2. The Hall–Kier alpha value is -3.58. The average molecular weight is 433 g/mol. The smallest absolute Gasteiger partial charge is 0.293 e. The maximum Gasteiger partial charge on any atom is 0.293 e. The summed E-state index contributed by atoms with van der Waals surface area (Å²) in [4.78, 5) is 18.6. The van der Waals surface area contributed by atoms with E-state index in [2.05, 4.69) is 16.5 Å². The van der Waals surface area contributed by atoms with E-state index < -0.39 is 0 Å². The minimum Gasteiger partial charge on any atom is -0.497 e. The van der Waals surface area contributed by atoms with Crippen molar-refractivity contribution in [3.05, 3.63) is 87.8 Å². The Bertz CT molecular complexity index is 1340. The van der Waals surface area contributed by atoms with Gasteiger partial charge in [0, 0.05) is 31.6 Å². The molecule has 4 rings (SSSR count). The maximum absolute atomic E-state index is 13.0. The Kier molecular flexibility index (Phi) is 5.77. The molecule has 2 aromatic carbocycles. The van der Waals surface area contributed by atoms with Gasteiger partial charge in [-0.2, -0.15) is 0 Å². The fourth-order valence-corrected chi connectivity index (χ4v) is 4.45. The van der Waals surface area contributed by atoms with Crippen LogP contribution in [0, 0.1) is 0 Å². The standard InChI is InChI=1S/C24H24N4O2S/c1-5-15-28-20(17-11-13-19(30-4)14-12-17)16-31-24(28)25-21-22(18-9-7-6-8-10-18)26(2)27(3)23(21)29/h5-14,16H,1,15H2,2-4H3. The third-order valence-electron chi connectivity index (χ3n) is 5.24. The van der Waals surface area contributed by atoms with E-state index >= 15 is 0 Å². The summed E-state index contributed by atoms with van der Waals surface area (Å²) in [6, 6.07) is 17.8. The molecule has 4 aromatic rings. The first-order chi connectivity index (χ1) is 15.0. The van der Waals surface area contributed by atoms with Crippen LogP contribution in [0.25, 0.3) is 22.5 Å². The summed E-state index contributed by atoms with van der Waals surface area (Å²) in [6.45, 7) is 4.48.